The van der Waals surface area contributed by atoms with Crippen molar-refractivity contribution >= 4 is 23.3 Å². The third-order valence-electron chi connectivity index (χ3n) is 5.14. The second kappa shape index (κ2) is 10.2. The van der Waals surface area contributed by atoms with Crippen LogP contribution in [-0.4, -0.2) is 59.4 Å². The van der Waals surface area contributed by atoms with Crippen molar-refractivity contribution in [2.75, 3.05) is 43.4 Å². The van der Waals surface area contributed by atoms with Gasteiger partial charge in [0.05, 0.1) is 11.9 Å². The maximum Gasteiger partial charge on any atom is 0.323 e. The predicted molar refractivity (Wildman–Crippen MR) is 115 cm³/mol. The van der Waals surface area contributed by atoms with Crippen LogP contribution in [0.15, 0.2) is 36.5 Å². The first-order chi connectivity index (χ1) is 14.4. The Balaban J connectivity index is 1.48. The number of pyridine rings is 1. The van der Waals surface area contributed by atoms with Crippen LogP contribution in [0.25, 0.3) is 0 Å². The van der Waals surface area contributed by atoms with E-state index >= 15 is 0 Å². The number of carbonyl (C=O) groups is 2. The van der Waals surface area contributed by atoms with Crippen molar-refractivity contribution < 1.29 is 14.0 Å². The van der Waals surface area contributed by atoms with Gasteiger partial charge in [-0.3, -0.25) is 14.7 Å². The van der Waals surface area contributed by atoms with E-state index in [0.29, 0.717) is 17.8 Å². The minimum atomic E-state index is -0.444. The third kappa shape index (κ3) is 6.52. The molecule has 8 heteroatoms. The third-order valence-corrected chi connectivity index (χ3v) is 5.14. The molecule has 1 saturated heterocycles. The van der Waals surface area contributed by atoms with Crippen molar-refractivity contribution in [2.45, 2.75) is 26.7 Å². The fourth-order valence-corrected chi connectivity index (χ4v) is 3.50. The highest BCUT2D eigenvalue weighted by Crippen LogP contribution is 2.17. The number of hydrogen-bond acceptors (Lipinski definition) is 4. The SMILES string of the molecule is CC(=O)N1CCN(CCCc2cc(F)cc(NC(=O)Nc3ccc(C)nc3)c2)CC1. The molecule has 3 amide bonds. The van der Waals surface area contributed by atoms with E-state index in [2.05, 4.69) is 20.5 Å². The van der Waals surface area contributed by atoms with Crippen LogP contribution in [0.2, 0.25) is 0 Å². The summed E-state index contributed by atoms with van der Waals surface area (Å²) in [5.74, 6) is -0.257. The maximum atomic E-state index is 14.0. The number of piperazine rings is 1. The number of rotatable bonds is 6. The summed E-state index contributed by atoms with van der Waals surface area (Å²) in [7, 11) is 0. The van der Waals surface area contributed by atoms with Crippen LogP contribution in [0.4, 0.5) is 20.6 Å². The summed E-state index contributed by atoms with van der Waals surface area (Å²) < 4.78 is 14.0. The van der Waals surface area contributed by atoms with Gasteiger partial charge in [-0.05, 0) is 62.2 Å². The van der Waals surface area contributed by atoms with Crippen LogP contribution in [0, 0.1) is 12.7 Å². The Bertz CT molecular complexity index is 880. The normalized spacial score (nSPS) is 14.4. The Morgan fingerprint density at radius 3 is 2.47 bits per heavy atom. The molecular weight excluding hydrogens is 385 g/mol. The largest absolute Gasteiger partial charge is 0.340 e. The Morgan fingerprint density at radius 2 is 1.80 bits per heavy atom. The zero-order chi connectivity index (χ0) is 21.5. The summed E-state index contributed by atoms with van der Waals surface area (Å²) >= 11 is 0. The summed E-state index contributed by atoms with van der Waals surface area (Å²) in [5.41, 5.74) is 2.68. The molecule has 0 atom stereocenters. The van der Waals surface area contributed by atoms with Gasteiger partial charge in [0.1, 0.15) is 5.82 Å². The molecule has 1 aromatic carbocycles. The average Bonchev–Trinajstić information content (AvgIpc) is 2.69. The molecule has 2 heterocycles. The lowest BCUT2D eigenvalue weighted by Crippen LogP contribution is -2.48. The summed E-state index contributed by atoms with van der Waals surface area (Å²) in [5, 5.41) is 5.36. The number of benzene rings is 1. The van der Waals surface area contributed by atoms with Gasteiger partial charge in [0.2, 0.25) is 5.91 Å². The topological polar surface area (TPSA) is 77.6 Å². The molecular formula is C22H28FN5O2. The van der Waals surface area contributed by atoms with Gasteiger partial charge in [-0.2, -0.15) is 0 Å². The number of nitrogens with zero attached hydrogens (tertiary/aromatic N) is 3. The first kappa shape index (κ1) is 21.7. The monoisotopic (exact) mass is 413 g/mol. The van der Waals surface area contributed by atoms with Crippen LogP contribution in [0.5, 0.6) is 0 Å². The molecule has 0 spiro atoms. The number of halogens is 1. The van der Waals surface area contributed by atoms with Crippen molar-refractivity contribution in [1.82, 2.24) is 14.8 Å². The first-order valence-electron chi connectivity index (χ1n) is 10.2. The number of amides is 3. The Morgan fingerprint density at radius 1 is 1.07 bits per heavy atom. The molecule has 7 nitrogen and oxygen atoms in total. The number of hydrogen-bond donors (Lipinski definition) is 2. The molecule has 3 rings (SSSR count). The Kier molecular flexibility index (Phi) is 7.35. The average molecular weight is 413 g/mol. The molecule has 0 aliphatic carbocycles. The van der Waals surface area contributed by atoms with Crippen LogP contribution in [-0.2, 0) is 11.2 Å². The number of aryl methyl sites for hydroxylation is 2. The van der Waals surface area contributed by atoms with Crippen LogP contribution in [0.3, 0.4) is 0 Å². The Labute approximate surface area is 176 Å². The molecule has 0 unspecified atom stereocenters. The first-order valence-corrected chi connectivity index (χ1v) is 10.2. The number of aromatic nitrogens is 1. The zero-order valence-corrected chi connectivity index (χ0v) is 17.4. The van der Waals surface area contributed by atoms with E-state index in [4.69, 9.17) is 0 Å². The van der Waals surface area contributed by atoms with Crippen molar-refractivity contribution in [1.29, 1.82) is 0 Å². The number of anilines is 2. The summed E-state index contributed by atoms with van der Waals surface area (Å²) in [6.45, 7) is 7.61. The lowest BCUT2D eigenvalue weighted by atomic mass is 10.1. The van der Waals surface area contributed by atoms with Crippen LogP contribution < -0.4 is 10.6 Å². The van der Waals surface area contributed by atoms with Crippen molar-refractivity contribution in [3.05, 3.63) is 53.6 Å². The molecule has 0 bridgehead atoms. The highest BCUT2D eigenvalue weighted by Gasteiger charge is 2.18. The van der Waals surface area contributed by atoms with Gasteiger partial charge in [0.15, 0.2) is 0 Å². The zero-order valence-electron chi connectivity index (χ0n) is 17.4. The minimum absolute atomic E-state index is 0.122. The molecule has 1 fully saturated rings. The van der Waals surface area contributed by atoms with Crippen molar-refractivity contribution in [3.63, 3.8) is 0 Å². The highest BCUT2D eigenvalue weighted by atomic mass is 19.1. The van der Waals surface area contributed by atoms with E-state index in [1.807, 2.05) is 11.8 Å². The van der Waals surface area contributed by atoms with Gasteiger partial charge < -0.3 is 15.5 Å². The summed E-state index contributed by atoms with van der Waals surface area (Å²) in [6.07, 6.45) is 3.16. The van der Waals surface area contributed by atoms with E-state index < -0.39 is 6.03 Å². The van der Waals surface area contributed by atoms with Crippen LogP contribution in [0.1, 0.15) is 24.6 Å². The van der Waals surface area contributed by atoms with Gasteiger partial charge in [-0.15, -0.1) is 0 Å². The predicted octanol–water partition coefficient (Wildman–Crippen LogP) is 3.27. The van der Waals surface area contributed by atoms with Gasteiger partial charge in [0.25, 0.3) is 0 Å². The number of urea groups is 1. The van der Waals surface area contributed by atoms with Crippen LogP contribution >= 0.6 is 0 Å². The van der Waals surface area contributed by atoms with Gasteiger partial charge in [0, 0.05) is 44.5 Å². The second-order valence-corrected chi connectivity index (χ2v) is 7.57. The Hall–Kier alpha value is -3.00. The van der Waals surface area contributed by atoms with E-state index in [9.17, 15) is 14.0 Å². The number of nitrogens with one attached hydrogen (secondary N) is 2. The van der Waals surface area contributed by atoms with Gasteiger partial charge >= 0.3 is 6.03 Å². The summed E-state index contributed by atoms with van der Waals surface area (Å²) in [6, 6.07) is 7.72. The second-order valence-electron chi connectivity index (χ2n) is 7.57. The quantitative estimate of drug-likeness (QED) is 0.762. The van der Waals surface area contributed by atoms with Crippen molar-refractivity contribution in [2.24, 2.45) is 0 Å². The minimum Gasteiger partial charge on any atom is -0.340 e. The molecule has 2 aromatic rings. The smallest absolute Gasteiger partial charge is 0.323 e. The van der Waals surface area contributed by atoms with Gasteiger partial charge in [-0.1, -0.05) is 0 Å². The standard InChI is InChI=1S/C22H28FN5O2/c1-16-5-6-20(15-24-16)25-22(30)26-21-13-18(12-19(23)14-21)4-3-7-27-8-10-28(11-9-27)17(2)29/h5-6,12-15H,3-4,7-11H2,1-2H3,(H2,25,26,30). The molecule has 30 heavy (non-hydrogen) atoms. The summed E-state index contributed by atoms with van der Waals surface area (Å²) in [4.78, 5) is 31.9. The maximum absolute atomic E-state index is 14.0. The molecule has 0 radical (unpaired) electrons. The molecule has 1 aliphatic heterocycles. The highest BCUT2D eigenvalue weighted by molar-refractivity contribution is 5.99. The van der Waals surface area contributed by atoms with E-state index in [1.54, 1.807) is 31.3 Å². The lowest BCUT2D eigenvalue weighted by molar-refractivity contribution is -0.130. The molecule has 2 N–H and O–H groups in total. The molecule has 1 aliphatic rings. The van der Waals surface area contributed by atoms with Crippen molar-refractivity contribution in [3.8, 4) is 0 Å². The van der Waals surface area contributed by atoms with E-state index in [0.717, 1.165) is 50.4 Å². The fraction of sp³-hybridized carbons (Fsp3) is 0.409. The van der Waals surface area contributed by atoms with E-state index in [-0.39, 0.29) is 11.7 Å². The molecule has 1 aromatic heterocycles. The molecule has 0 saturated carbocycles. The molecule has 160 valence electrons. The number of carbonyl (C=O) groups excluding carboxylic acids is 2. The van der Waals surface area contributed by atoms with E-state index in [1.165, 1.54) is 12.1 Å². The fourth-order valence-electron chi connectivity index (χ4n) is 3.50. The van der Waals surface area contributed by atoms with Gasteiger partial charge in [-0.25, -0.2) is 9.18 Å². The lowest BCUT2D eigenvalue weighted by Gasteiger charge is -2.34.